The minimum absolute atomic E-state index is 0.0407. The zero-order valence-electron chi connectivity index (χ0n) is 8.14. The molecule has 0 aliphatic heterocycles. The number of thiophene rings is 1. The van der Waals surface area contributed by atoms with Crippen molar-refractivity contribution in [1.29, 1.82) is 0 Å². The van der Waals surface area contributed by atoms with Gasteiger partial charge in [-0.3, -0.25) is 0 Å². The second-order valence-corrected chi connectivity index (χ2v) is 5.86. The lowest BCUT2D eigenvalue weighted by atomic mass is 10.3. The van der Waals surface area contributed by atoms with Crippen LogP contribution < -0.4 is 0 Å². The van der Waals surface area contributed by atoms with Gasteiger partial charge in [0.1, 0.15) is 0 Å². The fraction of sp³-hybridized carbons (Fsp3) is 0.556. The first kappa shape index (κ1) is 13.0. The molecule has 1 aromatic rings. The Labute approximate surface area is 99.0 Å². The molecule has 1 heterocycles. The molecule has 0 atom stereocenters. The van der Waals surface area contributed by atoms with E-state index >= 15 is 0 Å². The average Bonchev–Trinajstić information content (AvgIpc) is 2.47. The predicted molar refractivity (Wildman–Crippen MR) is 59.0 cm³/mol. The molecule has 1 aromatic heterocycles. The molecule has 1 rings (SSSR count). The van der Waals surface area contributed by atoms with Crippen LogP contribution in [0.4, 0.5) is 13.2 Å². The van der Waals surface area contributed by atoms with Crippen molar-refractivity contribution in [2.45, 2.75) is 19.1 Å². The first-order valence-corrected chi connectivity index (χ1v) is 5.97. The highest BCUT2D eigenvalue weighted by Crippen LogP contribution is 2.24. The summed E-state index contributed by atoms with van der Waals surface area (Å²) in [6.45, 7) is 0.603. The molecule has 0 aliphatic rings. The molecule has 0 unspecified atom stereocenters. The lowest BCUT2D eigenvalue weighted by molar-refractivity contribution is -0.137. The van der Waals surface area contributed by atoms with Crippen molar-refractivity contribution in [3.05, 3.63) is 20.8 Å². The van der Waals surface area contributed by atoms with Crippen LogP contribution >= 0.6 is 27.3 Å². The summed E-state index contributed by atoms with van der Waals surface area (Å²) in [5.74, 6) is 0. The lowest BCUT2D eigenvalue weighted by Crippen LogP contribution is -2.23. The van der Waals surface area contributed by atoms with E-state index in [1.807, 2.05) is 12.1 Å². The Morgan fingerprint density at radius 3 is 2.53 bits per heavy atom. The van der Waals surface area contributed by atoms with Crippen LogP contribution in [0.15, 0.2) is 15.9 Å². The normalized spacial score (nSPS) is 12.4. The van der Waals surface area contributed by atoms with Crippen molar-refractivity contribution >= 4 is 27.3 Å². The van der Waals surface area contributed by atoms with E-state index in [1.165, 1.54) is 0 Å². The molecule has 0 aromatic carbocycles. The summed E-state index contributed by atoms with van der Waals surface area (Å²) in [4.78, 5) is 2.73. The number of hydrogen-bond donors (Lipinski definition) is 0. The van der Waals surface area contributed by atoms with E-state index < -0.39 is 12.6 Å². The van der Waals surface area contributed by atoms with E-state index in [2.05, 4.69) is 15.9 Å². The summed E-state index contributed by atoms with van der Waals surface area (Å²) >= 11 is 4.86. The summed E-state index contributed by atoms with van der Waals surface area (Å²) in [6, 6.07) is 3.82. The Morgan fingerprint density at radius 1 is 1.40 bits per heavy atom. The van der Waals surface area contributed by atoms with Gasteiger partial charge in [-0.25, -0.2) is 0 Å². The fourth-order valence-corrected chi connectivity index (χ4v) is 2.66. The van der Waals surface area contributed by atoms with Gasteiger partial charge in [0.2, 0.25) is 0 Å². The molecule has 0 fully saturated rings. The molecular weight excluding hydrogens is 291 g/mol. The summed E-state index contributed by atoms with van der Waals surface area (Å²) in [6.07, 6.45) is -4.82. The third-order valence-electron chi connectivity index (χ3n) is 1.83. The maximum Gasteiger partial charge on any atom is 0.390 e. The van der Waals surface area contributed by atoms with Gasteiger partial charge in [-0.1, -0.05) is 0 Å². The van der Waals surface area contributed by atoms with Crippen LogP contribution in [0.3, 0.4) is 0 Å². The average molecular weight is 302 g/mol. The Morgan fingerprint density at radius 2 is 2.07 bits per heavy atom. The van der Waals surface area contributed by atoms with Crippen molar-refractivity contribution in [3.8, 4) is 0 Å². The largest absolute Gasteiger partial charge is 0.390 e. The van der Waals surface area contributed by atoms with E-state index in [-0.39, 0.29) is 6.54 Å². The zero-order chi connectivity index (χ0) is 11.5. The zero-order valence-corrected chi connectivity index (χ0v) is 10.5. The van der Waals surface area contributed by atoms with Gasteiger partial charge in [0, 0.05) is 18.0 Å². The first-order chi connectivity index (χ1) is 6.87. The number of halogens is 4. The van der Waals surface area contributed by atoms with Crippen molar-refractivity contribution in [2.24, 2.45) is 0 Å². The van der Waals surface area contributed by atoms with Gasteiger partial charge in [-0.2, -0.15) is 13.2 Å². The molecule has 15 heavy (non-hydrogen) atoms. The maximum atomic E-state index is 11.9. The molecule has 0 saturated heterocycles. The maximum absolute atomic E-state index is 11.9. The Bertz CT molecular complexity index is 311. The van der Waals surface area contributed by atoms with Crippen molar-refractivity contribution in [2.75, 3.05) is 13.6 Å². The number of alkyl halides is 3. The van der Waals surface area contributed by atoms with Crippen LogP contribution in [0, 0.1) is 0 Å². The van der Waals surface area contributed by atoms with Gasteiger partial charge in [0.25, 0.3) is 0 Å². The first-order valence-electron chi connectivity index (χ1n) is 4.36. The van der Waals surface area contributed by atoms with Crippen LogP contribution in [-0.4, -0.2) is 24.7 Å². The molecular formula is C9H11BrF3NS. The SMILES string of the molecule is CN(CCC(F)(F)F)Cc1ccc(Br)s1. The Kier molecular flexibility index (Phi) is 4.61. The van der Waals surface area contributed by atoms with E-state index in [0.717, 1.165) is 8.66 Å². The Balaban J connectivity index is 2.33. The van der Waals surface area contributed by atoms with Gasteiger partial charge in [0.15, 0.2) is 0 Å². The molecule has 0 bridgehead atoms. The van der Waals surface area contributed by atoms with E-state index in [0.29, 0.717) is 6.54 Å². The monoisotopic (exact) mass is 301 g/mol. The molecule has 0 N–H and O–H groups in total. The van der Waals surface area contributed by atoms with Crippen LogP contribution in [-0.2, 0) is 6.54 Å². The highest BCUT2D eigenvalue weighted by atomic mass is 79.9. The summed E-state index contributed by atoms with van der Waals surface area (Å²) in [5.41, 5.74) is 0. The van der Waals surface area contributed by atoms with Crippen LogP contribution in [0.5, 0.6) is 0 Å². The molecule has 0 radical (unpaired) electrons. The van der Waals surface area contributed by atoms with Crippen molar-refractivity contribution in [3.63, 3.8) is 0 Å². The summed E-state index contributed by atoms with van der Waals surface area (Å²) in [7, 11) is 1.69. The number of nitrogens with zero attached hydrogens (tertiary/aromatic N) is 1. The minimum Gasteiger partial charge on any atom is -0.301 e. The van der Waals surface area contributed by atoms with Crippen molar-refractivity contribution in [1.82, 2.24) is 4.90 Å². The molecule has 0 saturated carbocycles. The lowest BCUT2D eigenvalue weighted by Gasteiger charge is -2.16. The topological polar surface area (TPSA) is 3.24 Å². The van der Waals surface area contributed by atoms with Crippen LogP contribution in [0.25, 0.3) is 0 Å². The van der Waals surface area contributed by atoms with Crippen LogP contribution in [0.1, 0.15) is 11.3 Å². The molecule has 0 amide bonds. The second-order valence-electron chi connectivity index (χ2n) is 3.31. The van der Waals surface area contributed by atoms with Gasteiger partial charge in [-0.05, 0) is 35.1 Å². The van der Waals surface area contributed by atoms with Crippen molar-refractivity contribution < 1.29 is 13.2 Å². The fourth-order valence-electron chi connectivity index (χ4n) is 1.10. The van der Waals surface area contributed by atoms with E-state index in [9.17, 15) is 13.2 Å². The molecule has 0 aliphatic carbocycles. The van der Waals surface area contributed by atoms with E-state index in [4.69, 9.17) is 0 Å². The Hall–Kier alpha value is -0.0700. The molecule has 0 spiro atoms. The third-order valence-corrected chi connectivity index (χ3v) is 3.44. The summed E-state index contributed by atoms with van der Waals surface area (Å²) < 4.78 is 36.8. The number of hydrogen-bond acceptors (Lipinski definition) is 2. The molecule has 86 valence electrons. The standard InChI is InChI=1S/C9H11BrF3NS/c1-14(5-4-9(11,12)13)6-7-2-3-8(10)15-7/h2-3H,4-6H2,1H3. The molecule has 6 heteroatoms. The minimum atomic E-state index is -4.07. The van der Waals surface area contributed by atoms with Gasteiger partial charge < -0.3 is 4.90 Å². The predicted octanol–water partition coefficient (Wildman–Crippen LogP) is 3.89. The second kappa shape index (κ2) is 5.32. The third kappa shape index (κ3) is 5.53. The van der Waals surface area contributed by atoms with E-state index in [1.54, 1.807) is 23.3 Å². The van der Waals surface area contributed by atoms with Gasteiger partial charge >= 0.3 is 6.18 Å². The summed E-state index contributed by atoms with van der Waals surface area (Å²) in [5, 5.41) is 0. The highest BCUT2D eigenvalue weighted by Gasteiger charge is 2.27. The molecule has 1 nitrogen and oxygen atoms in total. The smallest absolute Gasteiger partial charge is 0.301 e. The highest BCUT2D eigenvalue weighted by molar-refractivity contribution is 9.11. The quantitative estimate of drug-likeness (QED) is 0.815. The van der Waals surface area contributed by atoms with Gasteiger partial charge in [0.05, 0.1) is 10.2 Å². The van der Waals surface area contributed by atoms with Crippen LogP contribution in [0.2, 0.25) is 0 Å². The van der Waals surface area contributed by atoms with Gasteiger partial charge in [-0.15, -0.1) is 11.3 Å². The number of rotatable bonds is 4.